The fraction of sp³-hybridized carbons (Fsp3) is 0.400. The molecule has 1 heterocycles. The molecule has 132 valence electrons. The Balaban J connectivity index is 1.54. The topological polar surface area (TPSA) is 61.4 Å². The lowest BCUT2D eigenvalue weighted by Gasteiger charge is -2.38. The van der Waals surface area contributed by atoms with E-state index in [4.69, 9.17) is 0 Å². The van der Waals surface area contributed by atoms with E-state index in [0.717, 1.165) is 23.9 Å². The number of amides is 2. The van der Waals surface area contributed by atoms with Crippen molar-refractivity contribution < 1.29 is 9.59 Å². The van der Waals surface area contributed by atoms with Crippen LogP contribution in [0.15, 0.2) is 42.5 Å². The van der Waals surface area contributed by atoms with Crippen molar-refractivity contribution in [3.05, 3.63) is 48.0 Å². The molecule has 1 aliphatic heterocycles. The quantitative estimate of drug-likeness (QED) is 0.897. The van der Waals surface area contributed by atoms with Crippen molar-refractivity contribution in [3.8, 4) is 0 Å². The Morgan fingerprint density at radius 3 is 2.72 bits per heavy atom. The van der Waals surface area contributed by atoms with Crippen LogP contribution in [-0.4, -0.2) is 48.4 Å². The Morgan fingerprint density at radius 1 is 1.16 bits per heavy atom. The minimum atomic E-state index is -0.139. The van der Waals surface area contributed by atoms with Crippen LogP contribution >= 0.6 is 0 Å². The normalized spacial score (nSPS) is 20.5. The lowest BCUT2D eigenvalue weighted by atomic mass is 10.1. The van der Waals surface area contributed by atoms with Gasteiger partial charge in [-0.05, 0) is 36.8 Å². The molecule has 3 rings (SSSR count). The van der Waals surface area contributed by atoms with Crippen molar-refractivity contribution in [2.75, 3.05) is 19.6 Å². The summed E-state index contributed by atoms with van der Waals surface area (Å²) in [5, 5.41) is 8.37. The van der Waals surface area contributed by atoms with Gasteiger partial charge in [-0.25, -0.2) is 0 Å². The summed E-state index contributed by atoms with van der Waals surface area (Å²) in [6, 6.07) is 14.1. The lowest BCUT2D eigenvalue weighted by Crippen LogP contribution is -2.57. The van der Waals surface area contributed by atoms with Crippen LogP contribution in [0.3, 0.4) is 0 Å². The number of fused-ring (bicyclic) bond motifs is 1. The second-order valence-electron chi connectivity index (χ2n) is 6.64. The summed E-state index contributed by atoms with van der Waals surface area (Å²) >= 11 is 0. The molecule has 1 saturated heterocycles. The van der Waals surface area contributed by atoms with Gasteiger partial charge in [0.15, 0.2) is 0 Å². The van der Waals surface area contributed by atoms with E-state index in [1.54, 1.807) is 0 Å². The number of benzene rings is 2. The van der Waals surface area contributed by atoms with E-state index in [2.05, 4.69) is 24.5 Å². The monoisotopic (exact) mass is 339 g/mol. The van der Waals surface area contributed by atoms with Crippen LogP contribution in [0.1, 0.15) is 30.6 Å². The molecule has 2 amide bonds. The Hall–Kier alpha value is -2.40. The van der Waals surface area contributed by atoms with Crippen LogP contribution < -0.4 is 10.6 Å². The third-order valence-corrected chi connectivity index (χ3v) is 4.99. The first-order valence-electron chi connectivity index (χ1n) is 8.86. The summed E-state index contributed by atoms with van der Waals surface area (Å²) in [6.07, 6.45) is 0.330. The van der Waals surface area contributed by atoms with Crippen molar-refractivity contribution in [1.29, 1.82) is 0 Å². The predicted octanol–water partition coefficient (Wildman–Crippen LogP) is 2.17. The lowest BCUT2D eigenvalue weighted by molar-refractivity contribution is -0.134. The van der Waals surface area contributed by atoms with Gasteiger partial charge in [0.05, 0.1) is 0 Å². The average molecular weight is 339 g/mol. The van der Waals surface area contributed by atoms with E-state index in [-0.39, 0.29) is 17.9 Å². The second kappa shape index (κ2) is 7.66. The van der Waals surface area contributed by atoms with Gasteiger partial charge in [0.1, 0.15) is 0 Å². The summed E-state index contributed by atoms with van der Waals surface area (Å²) < 4.78 is 0. The van der Waals surface area contributed by atoms with Gasteiger partial charge >= 0.3 is 0 Å². The molecule has 0 radical (unpaired) electrons. The van der Waals surface area contributed by atoms with Crippen LogP contribution in [0, 0.1) is 0 Å². The van der Waals surface area contributed by atoms with E-state index in [9.17, 15) is 9.59 Å². The van der Waals surface area contributed by atoms with Crippen LogP contribution in [-0.2, 0) is 4.79 Å². The number of piperazine rings is 1. The first-order valence-corrected chi connectivity index (χ1v) is 8.86. The minimum absolute atomic E-state index is 0.0969. The highest BCUT2D eigenvalue weighted by molar-refractivity contribution is 5.98. The van der Waals surface area contributed by atoms with Crippen LogP contribution in [0.2, 0.25) is 0 Å². The number of carbonyl (C=O) groups is 2. The number of hydrogen-bond donors (Lipinski definition) is 2. The zero-order valence-electron chi connectivity index (χ0n) is 14.8. The van der Waals surface area contributed by atoms with Gasteiger partial charge in [-0.2, -0.15) is 0 Å². The van der Waals surface area contributed by atoms with Crippen LogP contribution in [0.4, 0.5) is 0 Å². The predicted molar refractivity (Wildman–Crippen MR) is 99.5 cm³/mol. The molecule has 0 aliphatic carbocycles. The first-order chi connectivity index (χ1) is 12.1. The van der Waals surface area contributed by atoms with Crippen molar-refractivity contribution in [1.82, 2.24) is 15.5 Å². The van der Waals surface area contributed by atoms with Crippen molar-refractivity contribution in [2.24, 2.45) is 0 Å². The third kappa shape index (κ3) is 3.99. The van der Waals surface area contributed by atoms with Gasteiger partial charge in [0, 0.05) is 43.7 Å². The summed E-state index contributed by atoms with van der Waals surface area (Å²) in [6.45, 7) is 6.05. The Kier molecular flexibility index (Phi) is 5.34. The highest BCUT2D eigenvalue weighted by Crippen LogP contribution is 2.15. The molecule has 0 bridgehead atoms. The summed E-state index contributed by atoms with van der Waals surface area (Å²) in [5.74, 6) is -0.0417. The largest absolute Gasteiger partial charge is 0.352 e. The molecule has 1 fully saturated rings. The summed E-state index contributed by atoms with van der Waals surface area (Å²) in [4.78, 5) is 26.6. The number of rotatable bonds is 4. The zero-order valence-corrected chi connectivity index (χ0v) is 14.8. The first kappa shape index (κ1) is 17.4. The molecule has 2 aromatic rings. The number of hydrogen-bond acceptors (Lipinski definition) is 3. The fourth-order valence-electron chi connectivity index (χ4n) is 3.27. The maximum Gasteiger partial charge on any atom is 0.251 e. The van der Waals surface area contributed by atoms with E-state index in [1.165, 1.54) is 0 Å². The van der Waals surface area contributed by atoms with E-state index < -0.39 is 0 Å². The van der Waals surface area contributed by atoms with Gasteiger partial charge in [0.25, 0.3) is 5.91 Å². The van der Waals surface area contributed by atoms with Gasteiger partial charge in [-0.15, -0.1) is 0 Å². The van der Waals surface area contributed by atoms with Crippen molar-refractivity contribution >= 4 is 22.6 Å². The fourth-order valence-corrected chi connectivity index (χ4v) is 3.27. The SMILES string of the molecule is CC1NCCN(C(=O)CCNC(=O)c2ccc3ccccc3c2)C1C. The molecule has 0 saturated carbocycles. The summed E-state index contributed by atoms with van der Waals surface area (Å²) in [7, 11) is 0. The maximum atomic E-state index is 12.4. The standard InChI is InChI=1S/C20H25N3O2/c1-14-15(2)23(12-11-21-14)19(24)9-10-22-20(25)18-8-7-16-5-3-4-6-17(16)13-18/h3-8,13-15,21H,9-12H2,1-2H3,(H,22,25). The van der Waals surface area contributed by atoms with Crippen molar-refractivity contribution in [3.63, 3.8) is 0 Å². The van der Waals surface area contributed by atoms with Gasteiger partial charge in [-0.1, -0.05) is 30.3 Å². The van der Waals surface area contributed by atoms with E-state index in [0.29, 0.717) is 24.6 Å². The molecule has 25 heavy (non-hydrogen) atoms. The molecule has 2 atom stereocenters. The number of nitrogens with one attached hydrogen (secondary N) is 2. The molecule has 2 aromatic carbocycles. The molecule has 1 aliphatic rings. The van der Waals surface area contributed by atoms with Gasteiger partial charge in [0.2, 0.25) is 5.91 Å². The minimum Gasteiger partial charge on any atom is -0.352 e. The molecule has 5 nitrogen and oxygen atoms in total. The molecular formula is C20H25N3O2. The molecule has 0 aromatic heterocycles. The molecular weight excluding hydrogens is 314 g/mol. The van der Waals surface area contributed by atoms with Crippen LogP contribution in [0.5, 0.6) is 0 Å². The zero-order chi connectivity index (χ0) is 17.8. The molecule has 0 spiro atoms. The highest BCUT2D eigenvalue weighted by atomic mass is 16.2. The molecule has 5 heteroatoms. The number of nitrogens with zero attached hydrogens (tertiary/aromatic N) is 1. The smallest absolute Gasteiger partial charge is 0.251 e. The van der Waals surface area contributed by atoms with E-state index >= 15 is 0 Å². The Bertz CT molecular complexity index is 774. The van der Waals surface area contributed by atoms with Crippen molar-refractivity contribution in [2.45, 2.75) is 32.4 Å². The maximum absolute atomic E-state index is 12.4. The average Bonchev–Trinajstić information content (AvgIpc) is 2.63. The van der Waals surface area contributed by atoms with Gasteiger partial charge in [-0.3, -0.25) is 9.59 Å². The second-order valence-corrected chi connectivity index (χ2v) is 6.64. The molecule has 2 N–H and O–H groups in total. The Labute approximate surface area is 148 Å². The van der Waals surface area contributed by atoms with Crippen LogP contribution in [0.25, 0.3) is 10.8 Å². The summed E-state index contributed by atoms with van der Waals surface area (Å²) in [5.41, 5.74) is 0.621. The number of carbonyl (C=O) groups excluding carboxylic acids is 2. The Morgan fingerprint density at radius 2 is 1.92 bits per heavy atom. The highest BCUT2D eigenvalue weighted by Gasteiger charge is 2.27. The molecule has 2 unspecified atom stereocenters. The van der Waals surface area contributed by atoms with E-state index in [1.807, 2.05) is 47.4 Å². The third-order valence-electron chi connectivity index (χ3n) is 4.99. The van der Waals surface area contributed by atoms with Gasteiger partial charge < -0.3 is 15.5 Å².